The quantitative estimate of drug-likeness (QED) is 0.399. The molecule has 3 aromatic rings. The minimum absolute atomic E-state index is 0.379. The number of hydrogen-bond donors (Lipinski definition) is 1. The predicted octanol–water partition coefficient (Wildman–Crippen LogP) is 3.12. The molecule has 0 radical (unpaired) electrons. The summed E-state index contributed by atoms with van der Waals surface area (Å²) in [4.78, 5) is 10.7. The van der Waals surface area contributed by atoms with Gasteiger partial charge in [0.05, 0.1) is 6.26 Å². The minimum atomic E-state index is -3.29. The highest BCUT2D eigenvalue weighted by Gasteiger charge is 2.33. The lowest BCUT2D eigenvalue weighted by molar-refractivity contribution is -0.484. The van der Waals surface area contributed by atoms with Crippen LogP contribution in [0.3, 0.4) is 0 Å². The molecule has 7 heteroatoms. The van der Waals surface area contributed by atoms with Crippen molar-refractivity contribution in [1.29, 1.82) is 0 Å². The smallest absolute Gasteiger partial charge is 0.226 e. The van der Waals surface area contributed by atoms with E-state index in [4.69, 9.17) is 4.42 Å². The zero-order chi connectivity index (χ0) is 17.7. The van der Waals surface area contributed by atoms with Crippen molar-refractivity contribution in [3.05, 3.63) is 94.9 Å². The van der Waals surface area contributed by atoms with Gasteiger partial charge in [0.15, 0.2) is 0 Å². The molecule has 6 nitrogen and oxygen atoms in total. The molecular formula is C18H17N2O4P. The number of nitrogens with one attached hydrogen (secondary N) is 1. The van der Waals surface area contributed by atoms with Gasteiger partial charge in [-0.1, -0.05) is 36.4 Å². The van der Waals surface area contributed by atoms with Gasteiger partial charge in [-0.05, 0) is 36.4 Å². The van der Waals surface area contributed by atoms with Gasteiger partial charge >= 0.3 is 0 Å². The number of nitro groups is 1. The lowest BCUT2D eigenvalue weighted by atomic mass is 10.2. The van der Waals surface area contributed by atoms with Gasteiger partial charge in [-0.2, -0.15) is 0 Å². The van der Waals surface area contributed by atoms with Crippen LogP contribution in [0.2, 0.25) is 0 Å². The molecule has 0 fully saturated rings. The number of nitrogens with zero attached hydrogens (tertiary/aromatic N) is 1. The topological polar surface area (TPSA) is 85.4 Å². The first-order valence-corrected chi connectivity index (χ1v) is 9.44. The summed E-state index contributed by atoms with van der Waals surface area (Å²) >= 11 is 0. The normalized spacial score (nSPS) is 12.6. The monoisotopic (exact) mass is 356 g/mol. The Hall–Kier alpha value is -2.69. The Bertz CT molecular complexity index is 823. The van der Waals surface area contributed by atoms with Crippen LogP contribution < -0.4 is 15.7 Å². The SMILES string of the molecule is O=[N+]([O-])C[C@H](NP(=O)(c1ccccc1)c1ccccc1)c1ccco1. The molecule has 0 amide bonds. The Morgan fingerprint density at radius 2 is 1.52 bits per heavy atom. The van der Waals surface area contributed by atoms with Crippen LogP contribution in [0.4, 0.5) is 0 Å². The van der Waals surface area contributed by atoms with Crippen LogP contribution in [-0.2, 0) is 4.57 Å². The molecule has 0 saturated heterocycles. The molecule has 0 aliphatic carbocycles. The van der Waals surface area contributed by atoms with Gasteiger partial charge in [0.25, 0.3) is 0 Å². The molecule has 1 atom stereocenters. The maximum absolute atomic E-state index is 13.9. The average molecular weight is 356 g/mol. The standard InChI is InChI=1S/C18H17N2O4P/c21-20(22)14-17(18-12-7-13-24-18)19-25(23,15-8-3-1-4-9-15)16-10-5-2-6-11-16/h1-13,17H,14H2,(H,19,23)/t17-/m0/s1. The Morgan fingerprint density at radius 3 is 1.96 bits per heavy atom. The predicted molar refractivity (Wildman–Crippen MR) is 96.2 cm³/mol. The fraction of sp³-hybridized carbons (Fsp3) is 0.111. The van der Waals surface area contributed by atoms with Gasteiger partial charge in [0, 0.05) is 15.5 Å². The number of hydrogen-bond acceptors (Lipinski definition) is 4. The molecule has 0 aliphatic heterocycles. The second-order valence-corrected chi connectivity index (χ2v) is 8.00. The Kier molecular flexibility index (Phi) is 5.12. The van der Waals surface area contributed by atoms with Crippen molar-refractivity contribution >= 4 is 17.9 Å². The molecule has 0 aliphatic rings. The minimum Gasteiger partial charge on any atom is -0.467 e. The summed E-state index contributed by atoms with van der Waals surface area (Å²) in [6.45, 7) is -0.433. The third kappa shape index (κ3) is 3.87. The van der Waals surface area contributed by atoms with Gasteiger partial charge in [-0.25, -0.2) is 5.09 Å². The van der Waals surface area contributed by atoms with E-state index in [-0.39, 0.29) is 0 Å². The summed E-state index contributed by atoms with van der Waals surface area (Å²) in [5.74, 6) is 0.379. The summed E-state index contributed by atoms with van der Waals surface area (Å²) in [6, 6.07) is 20.3. The summed E-state index contributed by atoms with van der Waals surface area (Å²) in [5.41, 5.74) is 0. The van der Waals surface area contributed by atoms with Gasteiger partial charge in [-0.15, -0.1) is 0 Å². The maximum Gasteiger partial charge on any atom is 0.226 e. The first-order chi connectivity index (χ1) is 12.1. The van der Waals surface area contributed by atoms with Crippen molar-refractivity contribution in [1.82, 2.24) is 5.09 Å². The first-order valence-electron chi connectivity index (χ1n) is 7.74. The van der Waals surface area contributed by atoms with E-state index in [1.165, 1.54) is 6.26 Å². The van der Waals surface area contributed by atoms with Gasteiger partial charge in [-0.3, -0.25) is 14.7 Å². The maximum atomic E-state index is 13.9. The fourth-order valence-electron chi connectivity index (χ4n) is 2.63. The Labute approximate surface area is 145 Å². The number of rotatable bonds is 7. The zero-order valence-corrected chi connectivity index (χ0v) is 14.2. The van der Waals surface area contributed by atoms with Crippen molar-refractivity contribution in [2.24, 2.45) is 0 Å². The highest BCUT2D eigenvalue weighted by molar-refractivity contribution is 7.76. The van der Waals surface area contributed by atoms with Crippen LogP contribution in [0.25, 0.3) is 0 Å². The third-order valence-corrected chi connectivity index (χ3v) is 6.52. The van der Waals surface area contributed by atoms with Crippen molar-refractivity contribution < 1.29 is 13.9 Å². The highest BCUT2D eigenvalue weighted by Crippen LogP contribution is 2.41. The van der Waals surface area contributed by atoms with Crippen LogP contribution >= 0.6 is 7.29 Å². The largest absolute Gasteiger partial charge is 0.467 e. The molecule has 0 bridgehead atoms. The summed E-state index contributed by atoms with van der Waals surface area (Å²) in [6.07, 6.45) is 1.44. The molecule has 0 saturated carbocycles. The van der Waals surface area contributed by atoms with Crippen molar-refractivity contribution in [3.63, 3.8) is 0 Å². The molecule has 0 spiro atoms. The van der Waals surface area contributed by atoms with Crippen LogP contribution in [0, 0.1) is 10.1 Å². The van der Waals surface area contributed by atoms with Gasteiger partial charge in [0.2, 0.25) is 13.8 Å². The van der Waals surface area contributed by atoms with Gasteiger partial charge in [0.1, 0.15) is 11.8 Å². The van der Waals surface area contributed by atoms with E-state index in [1.54, 1.807) is 60.7 Å². The molecule has 1 aromatic heterocycles. The molecule has 0 unspecified atom stereocenters. The van der Waals surface area contributed by atoms with E-state index >= 15 is 0 Å². The van der Waals surface area contributed by atoms with E-state index in [0.29, 0.717) is 16.4 Å². The number of benzene rings is 2. The molecule has 2 aromatic carbocycles. The van der Waals surface area contributed by atoms with Crippen LogP contribution in [0.15, 0.2) is 83.5 Å². The Balaban J connectivity index is 2.05. The van der Waals surface area contributed by atoms with E-state index < -0.39 is 24.8 Å². The second kappa shape index (κ2) is 7.47. The van der Waals surface area contributed by atoms with Crippen LogP contribution in [0.1, 0.15) is 11.8 Å². The molecular weight excluding hydrogens is 339 g/mol. The number of furan rings is 1. The first kappa shape index (κ1) is 17.1. The molecule has 1 heterocycles. The molecule has 3 rings (SSSR count). The lowest BCUT2D eigenvalue weighted by Gasteiger charge is -2.24. The Morgan fingerprint density at radius 1 is 0.960 bits per heavy atom. The average Bonchev–Trinajstić information content (AvgIpc) is 3.17. The van der Waals surface area contributed by atoms with E-state index in [9.17, 15) is 14.7 Å². The second-order valence-electron chi connectivity index (χ2n) is 5.49. The van der Waals surface area contributed by atoms with Crippen molar-refractivity contribution in [2.45, 2.75) is 6.04 Å². The van der Waals surface area contributed by atoms with Crippen molar-refractivity contribution in [3.8, 4) is 0 Å². The van der Waals surface area contributed by atoms with Crippen LogP contribution in [-0.4, -0.2) is 11.5 Å². The van der Waals surface area contributed by atoms with E-state index in [2.05, 4.69) is 5.09 Å². The molecule has 1 N–H and O–H groups in total. The molecule has 25 heavy (non-hydrogen) atoms. The van der Waals surface area contributed by atoms with E-state index in [0.717, 1.165) is 0 Å². The summed E-state index contributed by atoms with van der Waals surface area (Å²) < 4.78 is 19.3. The summed E-state index contributed by atoms with van der Waals surface area (Å²) in [5, 5.41) is 15.3. The van der Waals surface area contributed by atoms with Crippen LogP contribution in [0.5, 0.6) is 0 Å². The van der Waals surface area contributed by atoms with Crippen molar-refractivity contribution in [2.75, 3.05) is 6.54 Å². The van der Waals surface area contributed by atoms with E-state index in [1.807, 2.05) is 12.1 Å². The summed E-state index contributed by atoms with van der Waals surface area (Å²) in [7, 11) is -3.29. The highest BCUT2D eigenvalue weighted by atomic mass is 31.2. The molecule has 128 valence electrons. The zero-order valence-electron chi connectivity index (χ0n) is 13.3. The van der Waals surface area contributed by atoms with Gasteiger partial charge < -0.3 is 4.42 Å². The third-order valence-electron chi connectivity index (χ3n) is 3.80. The lowest BCUT2D eigenvalue weighted by Crippen LogP contribution is -2.33. The fourth-order valence-corrected chi connectivity index (χ4v) is 5.05.